The van der Waals surface area contributed by atoms with E-state index in [-0.39, 0.29) is 17.3 Å². The largest absolute Gasteiger partial charge is 0.490 e. The predicted molar refractivity (Wildman–Crippen MR) is 162 cm³/mol. The molecule has 1 spiro atoms. The molecule has 3 aliphatic heterocycles. The lowest BCUT2D eigenvalue weighted by Crippen LogP contribution is -2.52. The fraction of sp³-hybridized carbons (Fsp3) is 0.545. The molecule has 2 aromatic carbocycles. The van der Waals surface area contributed by atoms with Crippen LogP contribution < -0.4 is 9.64 Å². The number of rotatable bonds is 0. The van der Waals surface area contributed by atoms with Crippen LogP contribution >= 0.6 is 11.6 Å². The summed E-state index contributed by atoms with van der Waals surface area (Å²) in [4.78, 5) is 15.7. The second kappa shape index (κ2) is 10.7. The van der Waals surface area contributed by atoms with E-state index >= 15 is 0 Å². The summed E-state index contributed by atoms with van der Waals surface area (Å²) in [6, 6.07) is 11.6. The van der Waals surface area contributed by atoms with Crippen molar-refractivity contribution in [1.82, 2.24) is 0 Å². The van der Waals surface area contributed by atoms with Crippen LogP contribution in [0.4, 0.5) is 5.69 Å². The second-order valence-corrected chi connectivity index (χ2v) is 15.7. The maximum atomic E-state index is 13.3. The van der Waals surface area contributed by atoms with Crippen molar-refractivity contribution in [2.75, 3.05) is 42.7 Å². The quantitative estimate of drug-likeness (QED) is 0.423. The minimum Gasteiger partial charge on any atom is -0.490 e. The molecular formula is C33H38ClNO6S. The third-order valence-corrected chi connectivity index (χ3v) is 12.0. The van der Waals surface area contributed by atoms with Crippen LogP contribution in [0.25, 0.3) is 0 Å². The molecule has 4 bridgehead atoms. The maximum Gasteiger partial charge on any atom is 0.177 e. The number of nitrogens with zero attached hydrogens (tertiary/aromatic N) is 1. The van der Waals surface area contributed by atoms with Gasteiger partial charge in [0.2, 0.25) is 0 Å². The number of benzene rings is 2. The summed E-state index contributed by atoms with van der Waals surface area (Å²) in [5.41, 5.74) is 2.41. The first-order valence-electron chi connectivity index (χ1n) is 15.2. The fourth-order valence-electron chi connectivity index (χ4n) is 7.96. The summed E-state index contributed by atoms with van der Waals surface area (Å²) in [5.74, 6) is 0.0871. The third-order valence-electron chi connectivity index (χ3n) is 10.3. The first-order valence-corrected chi connectivity index (χ1v) is 17.4. The summed E-state index contributed by atoms with van der Waals surface area (Å²) in [6.45, 7) is 2.46. The van der Waals surface area contributed by atoms with Gasteiger partial charge < -0.3 is 19.5 Å². The molecule has 5 unspecified atom stereocenters. The van der Waals surface area contributed by atoms with Gasteiger partial charge in [-0.25, -0.2) is 8.42 Å². The Labute approximate surface area is 252 Å². The van der Waals surface area contributed by atoms with Crippen molar-refractivity contribution < 1.29 is 27.8 Å². The number of hydrogen-bond acceptors (Lipinski definition) is 7. The van der Waals surface area contributed by atoms with E-state index in [2.05, 4.69) is 17.0 Å². The highest BCUT2D eigenvalue weighted by Crippen LogP contribution is 2.48. The average Bonchev–Trinajstić information content (AvgIpc) is 3.07. The number of sulfone groups is 1. The predicted octanol–water partition coefficient (Wildman–Crippen LogP) is 4.92. The molecule has 1 N–H and O–H groups in total. The number of carbonyl (C=O) groups is 1. The molecule has 5 atom stereocenters. The van der Waals surface area contributed by atoms with Gasteiger partial charge in [-0.3, -0.25) is 4.79 Å². The SMILES string of the molecule is O=C1CS(=O)(=O)C/C=C\C2(O)CCOC(C2)C2CCC2CN2CC3(CCCc4cc(Cl)ccc43)COc3ccc1cc32. The zero-order chi connectivity index (χ0) is 29.1. The molecule has 2 fully saturated rings. The van der Waals surface area contributed by atoms with Gasteiger partial charge in [-0.05, 0) is 85.4 Å². The Morgan fingerprint density at radius 3 is 2.81 bits per heavy atom. The standard InChI is InChI=1S/C33H38ClNO6S/c34-25-6-8-27-22(15-25)3-1-10-32(27)20-35-18-24-4-7-26(24)31-17-33(37,12-13-40-31)11-2-14-42(38,39)19-29(36)23-5-9-30(41-21-32)28(35)16-23/h2,5-6,8-9,11,15-16,24,26,31,37H,1,3-4,7,10,12-14,17-21H2/b11-2-. The van der Waals surface area contributed by atoms with Gasteiger partial charge in [0.15, 0.2) is 15.6 Å². The Balaban J connectivity index is 1.30. The average molecular weight is 612 g/mol. The first-order chi connectivity index (χ1) is 20.1. The van der Waals surface area contributed by atoms with Crippen molar-refractivity contribution >= 4 is 32.9 Å². The summed E-state index contributed by atoms with van der Waals surface area (Å²) >= 11 is 6.40. The van der Waals surface area contributed by atoms with Crippen LogP contribution in [0.15, 0.2) is 48.6 Å². The van der Waals surface area contributed by atoms with Gasteiger partial charge in [-0.1, -0.05) is 29.8 Å². The number of fused-ring (bicyclic) bond motifs is 7. The number of Topliss-reactive ketones (excluding diaryl/α,β-unsaturated/α-hetero) is 1. The number of hydrogen-bond donors (Lipinski definition) is 1. The molecule has 5 aliphatic rings. The molecule has 7 nitrogen and oxygen atoms in total. The van der Waals surface area contributed by atoms with Crippen LogP contribution in [0.5, 0.6) is 5.75 Å². The van der Waals surface area contributed by atoms with Crippen LogP contribution in [-0.2, 0) is 26.4 Å². The lowest BCUT2D eigenvalue weighted by Gasteiger charge is -2.48. The fourth-order valence-corrected chi connectivity index (χ4v) is 9.23. The number of anilines is 1. The minimum absolute atomic E-state index is 0.0845. The minimum atomic E-state index is -3.71. The topological polar surface area (TPSA) is 93.1 Å². The van der Waals surface area contributed by atoms with Crippen molar-refractivity contribution in [3.8, 4) is 5.75 Å². The molecule has 9 heteroatoms. The molecule has 1 saturated heterocycles. The van der Waals surface area contributed by atoms with Crippen LogP contribution in [0.1, 0.15) is 60.0 Å². The van der Waals surface area contributed by atoms with E-state index in [1.807, 2.05) is 18.2 Å². The molecule has 42 heavy (non-hydrogen) atoms. The highest BCUT2D eigenvalue weighted by Gasteiger charge is 2.47. The Bertz CT molecular complexity index is 1540. The van der Waals surface area contributed by atoms with Gasteiger partial charge >= 0.3 is 0 Å². The molecular weight excluding hydrogens is 574 g/mol. The summed E-state index contributed by atoms with van der Waals surface area (Å²) in [5, 5.41) is 12.1. The molecule has 0 radical (unpaired) electrons. The zero-order valence-corrected chi connectivity index (χ0v) is 25.3. The molecule has 224 valence electrons. The van der Waals surface area contributed by atoms with Crippen molar-refractivity contribution in [3.63, 3.8) is 0 Å². The summed E-state index contributed by atoms with van der Waals surface area (Å²) < 4.78 is 38.6. The van der Waals surface area contributed by atoms with E-state index in [0.29, 0.717) is 43.5 Å². The summed E-state index contributed by atoms with van der Waals surface area (Å²) in [6.07, 6.45) is 9.04. The Morgan fingerprint density at radius 1 is 1.10 bits per heavy atom. The Kier molecular flexibility index (Phi) is 7.20. The molecule has 7 rings (SSSR count). The number of ketones is 1. The molecule has 0 amide bonds. The number of ether oxygens (including phenoxy) is 2. The molecule has 3 heterocycles. The monoisotopic (exact) mass is 611 g/mol. The lowest BCUT2D eigenvalue weighted by atomic mass is 9.66. The molecule has 2 aromatic rings. The van der Waals surface area contributed by atoms with Crippen LogP contribution in [0.3, 0.4) is 0 Å². The van der Waals surface area contributed by atoms with Gasteiger partial charge in [0.1, 0.15) is 11.5 Å². The zero-order valence-electron chi connectivity index (χ0n) is 23.8. The Hall–Kier alpha value is -2.39. The van der Waals surface area contributed by atoms with Crippen molar-refractivity contribution in [1.29, 1.82) is 0 Å². The molecule has 2 aliphatic carbocycles. The van der Waals surface area contributed by atoms with Crippen LogP contribution in [-0.4, -0.2) is 68.8 Å². The van der Waals surface area contributed by atoms with Gasteiger partial charge in [0, 0.05) is 41.9 Å². The first kappa shape index (κ1) is 28.4. The van der Waals surface area contributed by atoms with Crippen LogP contribution in [0.2, 0.25) is 5.02 Å². The van der Waals surface area contributed by atoms with Crippen molar-refractivity contribution in [2.24, 2.45) is 11.8 Å². The molecule has 1 saturated carbocycles. The molecule has 0 aromatic heterocycles. The van der Waals surface area contributed by atoms with Crippen molar-refractivity contribution in [3.05, 3.63) is 70.3 Å². The van der Waals surface area contributed by atoms with E-state index in [9.17, 15) is 18.3 Å². The highest BCUT2D eigenvalue weighted by atomic mass is 35.5. The second-order valence-electron chi connectivity index (χ2n) is 13.1. The van der Waals surface area contributed by atoms with Gasteiger partial charge in [-0.15, -0.1) is 0 Å². The van der Waals surface area contributed by atoms with Gasteiger partial charge in [0.25, 0.3) is 0 Å². The lowest BCUT2D eigenvalue weighted by molar-refractivity contribution is -0.125. The van der Waals surface area contributed by atoms with Gasteiger partial charge in [0.05, 0.1) is 36.4 Å². The number of aliphatic hydroxyl groups is 1. The smallest absolute Gasteiger partial charge is 0.177 e. The van der Waals surface area contributed by atoms with E-state index in [4.69, 9.17) is 21.1 Å². The van der Waals surface area contributed by atoms with E-state index in [1.165, 1.54) is 17.2 Å². The van der Waals surface area contributed by atoms with E-state index in [1.54, 1.807) is 12.1 Å². The highest BCUT2D eigenvalue weighted by molar-refractivity contribution is 7.92. The summed E-state index contributed by atoms with van der Waals surface area (Å²) in [7, 11) is -3.71. The number of halogens is 1. The van der Waals surface area contributed by atoms with Gasteiger partial charge in [-0.2, -0.15) is 0 Å². The van der Waals surface area contributed by atoms with E-state index in [0.717, 1.165) is 61.7 Å². The van der Waals surface area contributed by atoms with Crippen molar-refractivity contribution in [2.45, 2.75) is 62.1 Å². The van der Waals surface area contributed by atoms with E-state index < -0.39 is 27.0 Å². The Morgan fingerprint density at radius 2 is 1.98 bits per heavy atom. The number of carbonyl (C=O) groups excluding carboxylic acids is 1. The maximum absolute atomic E-state index is 13.3. The van der Waals surface area contributed by atoms with Crippen LogP contribution in [0, 0.1) is 11.8 Å². The number of aryl methyl sites for hydroxylation is 1. The normalized spacial score (nSPS) is 34.8. The third kappa shape index (κ3) is 5.29.